The van der Waals surface area contributed by atoms with Crippen LogP contribution >= 0.6 is 11.7 Å². The highest BCUT2D eigenvalue weighted by molar-refractivity contribution is 6.99. The van der Waals surface area contributed by atoms with Gasteiger partial charge in [-0.15, -0.1) is 0 Å². The van der Waals surface area contributed by atoms with E-state index in [-0.39, 0.29) is 0 Å². The Morgan fingerprint density at radius 3 is 2.10 bits per heavy atom. The molecule has 4 heterocycles. The highest BCUT2D eigenvalue weighted by Crippen LogP contribution is 2.29. The minimum absolute atomic E-state index is 0.552. The van der Waals surface area contributed by atoms with E-state index >= 15 is 0 Å². The Morgan fingerprint density at radius 2 is 1.43 bits per heavy atom. The first-order valence-electron chi connectivity index (χ1n) is 6.23. The lowest BCUT2D eigenvalue weighted by Gasteiger charge is -2.07. The van der Waals surface area contributed by atoms with E-state index in [0.29, 0.717) is 11.3 Å². The molecule has 0 aromatic carbocycles. The Bertz CT molecular complexity index is 818. The molecule has 21 heavy (non-hydrogen) atoms. The molecule has 0 aliphatic heterocycles. The third-order valence-electron chi connectivity index (χ3n) is 3.00. The van der Waals surface area contributed by atoms with Gasteiger partial charge in [0.25, 0.3) is 0 Å². The van der Waals surface area contributed by atoms with E-state index in [0.717, 1.165) is 34.2 Å². The molecule has 4 aromatic rings. The van der Waals surface area contributed by atoms with Crippen molar-refractivity contribution < 1.29 is 0 Å². The summed E-state index contributed by atoms with van der Waals surface area (Å²) in [6, 6.07) is 7.62. The molecular formula is C14H8N6S. The molecule has 0 aliphatic carbocycles. The Hall–Kier alpha value is -2.80. The van der Waals surface area contributed by atoms with Crippen molar-refractivity contribution in [2.75, 3.05) is 0 Å². The van der Waals surface area contributed by atoms with Crippen LogP contribution in [0.15, 0.2) is 49.1 Å². The van der Waals surface area contributed by atoms with E-state index in [1.165, 1.54) is 0 Å². The third-order valence-corrected chi connectivity index (χ3v) is 3.51. The largest absolute Gasteiger partial charge is 0.265 e. The van der Waals surface area contributed by atoms with E-state index in [4.69, 9.17) is 0 Å². The van der Waals surface area contributed by atoms with Crippen molar-refractivity contribution in [3.63, 3.8) is 0 Å². The van der Waals surface area contributed by atoms with Crippen LogP contribution in [0.1, 0.15) is 0 Å². The number of nitrogens with zero attached hydrogens (tertiary/aromatic N) is 6. The fourth-order valence-corrected chi connectivity index (χ4v) is 2.49. The Balaban J connectivity index is 2.03. The van der Waals surface area contributed by atoms with Crippen molar-refractivity contribution in [1.82, 2.24) is 28.7 Å². The van der Waals surface area contributed by atoms with Gasteiger partial charge in [-0.25, -0.2) is 9.97 Å². The van der Waals surface area contributed by atoms with Crippen molar-refractivity contribution in [2.45, 2.75) is 0 Å². The molecular weight excluding hydrogens is 284 g/mol. The van der Waals surface area contributed by atoms with E-state index in [1.54, 1.807) is 24.8 Å². The van der Waals surface area contributed by atoms with Crippen LogP contribution < -0.4 is 0 Å². The predicted octanol–water partition coefficient (Wildman–Crippen LogP) is 2.61. The molecule has 6 nitrogen and oxygen atoms in total. The van der Waals surface area contributed by atoms with Crippen LogP contribution in [0.3, 0.4) is 0 Å². The quantitative estimate of drug-likeness (QED) is 0.565. The van der Waals surface area contributed by atoms with Gasteiger partial charge in [0.15, 0.2) is 0 Å². The lowest BCUT2D eigenvalue weighted by molar-refractivity contribution is 1.23. The van der Waals surface area contributed by atoms with Gasteiger partial charge in [0.05, 0.1) is 17.4 Å². The molecule has 0 N–H and O–H groups in total. The summed E-state index contributed by atoms with van der Waals surface area (Å²) in [4.78, 5) is 17.4. The fourth-order valence-electron chi connectivity index (χ4n) is 2.05. The minimum atomic E-state index is 0.552. The van der Waals surface area contributed by atoms with Crippen molar-refractivity contribution in [1.29, 1.82) is 0 Å². The first-order chi connectivity index (χ1) is 10.4. The smallest absolute Gasteiger partial charge is 0.213 e. The van der Waals surface area contributed by atoms with Gasteiger partial charge < -0.3 is 0 Å². The van der Waals surface area contributed by atoms with Crippen molar-refractivity contribution in [2.24, 2.45) is 0 Å². The monoisotopic (exact) mass is 292 g/mol. The summed E-state index contributed by atoms with van der Waals surface area (Å²) in [5.41, 5.74) is 4.44. The van der Waals surface area contributed by atoms with Gasteiger partial charge in [-0.2, -0.15) is 8.75 Å². The van der Waals surface area contributed by atoms with Crippen LogP contribution in [0.25, 0.3) is 33.8 Å². The zero-order valence-corrected chi connectivity index (χ0v) is 11.5. The number of rotatable bonds is 2. The molecule has 0 bridgehead atoms. The first-order valence-corrected chi connectivity index (χ1v) is 6.96. The average Bonchev–Trinajstić information content (AvgIpc) is 3.03. The van der Waals surface area contributed by atoms with Gasteiger partial charge in [-0.3, -0.25) is 9.97 Å². The van der Waals surface area contributed by atoms with E-state index in [9.17, 15) is 0 Å². The molecule has 0 spiro atoms. The topological polar surface area (TPSA) is 77.3 Å². The standard InChI is InChI=1S/C14H8N6S/c1-2-10(8-16-5-1)12-11(9-3-6-15-7-4-9)17-13-14(18-12)20-21-19-13/h1-8H. The lowest BCUT2D eigenvalue weighted by atomic mass is 10.1. The van der Waals surface area contributed by atoms with Gasteiger partial charge in [-0.05, 0) is 24.3 Å². The average molecular weight is 292 g/mol. The Kier molecular flexibility index (Phi) is 2.82. The molecule has 100 valence electrons. The summed E-state index contributed by atoms with van der Waals surface area (Å²) < 4.78 is 8.33. The van der Waals surface area contributed by atoms with Gasteiger partial charge >= 0.3 is 0 Å². The summed E-state index contributed by atoms with van der Waals surface area (Å²) in [5.74, 6) is 0. The maximum absolute atomic E-state index is 4.60. The van der Waals surface area contributed by atoms with Crippen molar-refractivity contribution >= 4 is 23.0 Å². The zero-order valence-electron chi connectivity index (χ0n) is 10.7. The van der Waals surface area contributed by atoms with E-state index in [2.05, 4.69) is 28.7 Å². The summed E-state index contributed by atoms with van der Waals surface area (Å²) in [5, 5.41) is 0. The summed E-state index contributed by atoms with van der Waals surface area (Å²) in [6.07, 6.45) is 6.95. The molecule has 0 amide bonds. The number of fused-ring (bicyclic) bond motifs is 1. The van der Waals surface area contributed by atoms with Gasteiger partial charge in [0, 0.05) is 35.9 Å². The molecule has 4 rings (SSSR count). The van der Waals surface area contributed by atoms with Crippen LogP contribution in [-0.2, 0) is 0 Å². The maximum atomic E-state index is 4.60. The van der Waals surface area contributed by atoms with Crippen LogP contribution in [0, 0.1) is 0 Å². The maximum Gasteiger partial charge on any atom is 0.213 e. The van der Waals surface area contributed by atoms with E-state index < -0.39 is 0 Å². The molecule has 0 saturated heterocycles. The van der Waals surface area contributed by atoms with Gasteiger partial charge in [0.2, 0.25) is 11.3 Å². The lowest BCUT2D eigenvalue weighted by Crippen LogP contribution is -1.95. The summed E-state index contributed by atoms with van der Waals surface area (Å²) in [7, 11) is 0. The second-order valence-electron chi connectivity index (χ2n) is 4.31. The van der Waals surface area contributed by atoms with Crippen LogP contribution in [0.4, 0.5) is 0 Å². The van der Waals surface area contributed by atoms with Crippen molar-refractivity contribution in [3.05, 3.63) is 49.1 Å². The predicted molar refractivity (Wildman–Crippen MR) is 79.5 cm³/mol. The summed E-state index contributed by atoms with van der Waals surface area (Å²) >= 11 is 1.11. The molecule has 7 heteroatoms. The first kappa shape index (κ1) is 12.0. The minimum Gasteiger partial charge on any atom is -0.265 e. The normalized spacial score (nSPS) is 10.9. The Labute approximate surface area is 123 Å². The molecule has 0 atom stereocenters. The molecule has 0 fully saturated rings. The molecule has 0 radical (unpaired) electrons. The molecule has 0 unspecified atom stereocenters. The molecule has 0 saturated carbocycles. The van der Waals surface area contributed by atoms with Crippen LogP contribution in [0.5, 0.6) is 0 Å². The number of pyridine rings is 2. The Morgan fingerprint density at radius 1 is 0.714 bits per heavy atom. The molecule has 4 aromatic heterocycles. The molecule has 0 aliphatic rings. The number of hydrogen-bond donors (Lipinski definition) is 0. The highest BCUT2D eigenvalue weighted by atomic mass is 32.1. The second-order valence-corrected chi connectivity index (χ2v) is 4.84. The fraction of sp³-hybridized carbons (Fsp3) is 0. The van der Waals surface area contributed by atoms with Crippen molar-refractivity contribution in [3.8, 4) is 22.5 Å². The van der Waals surface area contributed by atoms with Crippen LogP contribution in [-0.4, -0.2) is 28.7 Å². The number of hydrogen-bond acceptors (Lipinski definition) is 7. The van der Waals surface area contributed by atoms with Gasteiger partial charge in [0.1, 0.15) is 5.69 Å². The third kappa shape index (κ3) is 2.13. The zero-order chi connectivity index (χ0) is 14.1. The highest BCUT2D eigenvalue weighted by Gasteiger charge is 2.15. The number of aromatic nitrogens is 6. The van der Waals surface area contributed by atoms with Gasteiger partial charge in [-0.1, -0.05) is 0 Å². The van der Waals surface area contributed by atoms with Crippen LogP contribution in [0.2, 0.25) is 0 Å². The SMILES string of the molecule is c1cncc(-c2nc3nsnc3nc2-c2ccncc2)c1. The van der Waals surface area contributed by atoms with E-state index in [1.807, 2.05) is 24.3 Å². The summed E-state index contributed by atoms with van der Waals surface area (Å²) in [6.45, 7) is 0. The second kappa shape index (κ2) is 4.95.